The predicted octanol–water partition coefficient (Wildman–Crippen LogP) is 3.64. The van der Waals surface area contributed by atoms with Crippen molar-refractivity contribution < 1.29 is 4.79 Å². The van der Waals surface area contributed by atoms with Crippen molar-refractivity contribution in [1.82, 2.24) is 14.5 Å². The van der Waals surface area contributed by atoms with Crippen LogP contribution in [-0.4, -0.2) is 32.7 Å². The van der Waals surface area contributed by atoms with Gasteiger partial charge in [-0.2, -0.15) is 0 Å². The number of carbonyl (C=O) groups excluding carboxylic acids is 1. The molecule has 1 amide bonds. The lowest BCUT2D eigenvalue weighted by atomic mass is 10.2. The first-order chi connectivity index (χ1) is 17.0. The number of para-hydroxylation sites is 1. The van der Waals surface area contributed by atoms with E-state index in [4.69, 9.17) is 5.73 Å². The predicted molar refractivity (Wildman–Crippen MR) is 141 cm³/mol. The maximum absolute atomic E-state index is 13.3. The van der Waals surface area contributed by atoms with Gasteiger partial charge in [-0.25, -0.2) is 9.78 Å². The van der Waals surface area contributed by atoms with E-state index < -0.39 is 11.2 Å². The molecule has 4 aromatic rings. The molecule has 4 rings (SSSR count). The summed E-state index contributed by atoms with van der Waals surface area (Å²) in [5, 5.41) is 1.73. The van der Waals surface area contributed by atoms with E-state index in [9.17, 15) is 14.4 Å². The molecule has 0 unspecified atom stereocenters. The van der Waals surface area contributed by atoms with Crippen molar-refractivity contribution in [3.63, 3.8) is 0 Å². The molecule has 0 spiro atoms. The van der Waals surface area contributed by atoms with Crippen LogP contribution < -0.4 is 21.9 Å². The van der Waals surface area contributed by atoms with Gasteiger partial charge in [-0.3, -0.25) is 19.1 Å². The van der Waals surface area contributed by atoms with Crippen LogP contribution in [0.3, 0.4) is 0 Å². The molecule has 0 radical (unpaired) electrons. The zero-order valence-electron chi connectivity index (χ0n) is 19.4. The molecule has 0 fully saturated rings. The Balaban J connectivity index is 1.62. The third kappa shape index (κ3) is 5.63. The molecule has 3 N–H and O–H groups in total. The lowest BCUT2D eigenvalue weighted by molar-refractivity contribution is -0.116. The van der Waals surface area contributed by atoms with Crippen molar-refractivity contribution in [2.24, 2.45) is 0 Å². The Hall–Kier alpha value is -3.85. The topological polar surface area (TPSA) is 114 Å². The average molecular weight is 490 g/mol. The van der Waals surface area contributed by atoms with E-state index in [0.29, 0.717) is 18.0 Å². The van der Waals surface area contributed by atoms with Gasteiger partial charge in [0.15, 0.2) is 5.69 Å². The molecule has 35 heavy (non-hydrogen) atoms. The highest BCUT2D eigenvalue weighted by atomic mass is 32.2. The third-order valence-electron chi connectivity index (χ3n) is 5.62. The fourth-order valence-corrected chi connectivity index (χ4v) is 4.53. The van der Waals surface area contributed by atoms with E-state index >= 15 is 0 Å². The van der Waals surface area contributed by atoms with Crippen LogP contribution in [0.25, 0.3) is 10.9 Å². The minimum atomic E-state index is -0.671. The molecule has 0 saturated carbocycles. The standard InChI is InChI=1S/C26H27N5O3S/c1-2-3-15-30(22(32)17-35-21-14-13-19-11-7-8-12-20(19)28-21)23-24(27)31(26(34)29-25(23)33)16-18-9-5-4-6-10-18/h4-14H,2-3,15-17,27H2,1H3,(H,29,33,34). The number of hydrogen-bond acceptors (Lipinski definition) is 6. The van der Waals surface area contributed by atoms with Gasteiger partial charge in [-0.15, -0.1) is 0 Å². The molecule has 9 heteroatoms. The van der Waals surface area contributed by atoms with Gasteiger partial charge in [0, 0.05) is 11.9 Å². The Labute approximate surface area is 206 Å². The summed E-state index contributed by atoms with van der Waals surface area (Å²) in [5.74, 6) is -0.229. The molecular formula is C26H27N5O3S. The van der Waals surface area contributed by atoms with Crippen molar-refractivity contribution >= 4 is 40.1 Å². The molecule has 2 aromatic carbocycles. The van der Waals surface area contributed by atoms with Crippen LogP contribution in [0.2, 0.25) is 0 Å². The number of unbranched alkanes of at least 4 members (excludes halogenated alkanes) is 1. The zero-order chi connectivity index (χ0) is 24.8. The number of thioether (sulfide) groups is 1. The van der Waals surface area contributed by atoms with Crippen LogP contribution in [-0.2, 0) is 11.3 Å². The van der Waals surface area contributed by atoms with E-state index in [1.54, 1.807) is 0 Å². The van der Waals surface area contributed by atoms with Crippen LogP contribution in [0.4, 0.5) is 11.5 Å². The summed E-state index contributed by atoms with van der Waals surface area (Å²) in [6.45, 7) is 2.50. The first kappa shape index (κ1) is 24.3. The number of carbonyl (C=O) groups is 1. The van der Waals surface area contributed by atoms with Gasteiger partial charge >= 0.3 is 5.69 Å². The van der Waals surface area contributed by atoms with Crippen molar-refractivity contribution in [2.45, 2.75) is 31.3 Å². The van der Waals surface area contributed by atoms with Crippen molar-refractivity contribution in [1.29, 1.82) is 0 Å². The van der Waals surface area contributed by atoms with E-state index in [-0.39, 0.29) is 29.7 Å². The van der Waals surface area contributed by atoms with Gasteiger partial charge in [0.2, 0.25) is 5.91 Å². The first-order valence-electron chi connectivity index (χ1n) is 11.4. The van der Waals surface area contributed by atoms with E-state index in [1.807, 2.05) is 73.7 Å². The first-order valence-corrected chi connectivity index (χ1v) is 12.4. The normalized spacial score (nSPS) is 11.0. The second-order valence-corrected chi connectivity index (χ2v) is 9.09. The summed E-state index contributed by atoms with van der Waals surface area (Å²) in [6.07, 6.45) is 1.51. The molecule has 0 aliphatic rings. The SMILES string of the molecule is CCCCN(C(=O)CSc1ccc2ccccc2n1)c1c(N)n(Cc2ccccc2)c(=O)[nH]c1=O. The fourth-order valence-electron chi connectivity index (χ4n) is 3.78. The fraction of sp³-hybridized carbons (Fsp3) is 0.231. The Bertz CT molecular complexity index is 1450. The van der Waals surface area contributed by atoms with Crippen LogP contribution in [0.5, 0.6) is 0 Å². The number of benzene rings is 2. The smallest absolute Gasteiger partial charge is 0.330 e. The lowest BCUT2D eigenvalue weighted by Gasteiger charge is -2.24. The largest absolute Gasteiger partial charge is 0.383 e. The molecule has 0 bridgehead atoms. The summed E-state index contributed by atoms with van der Waals surface area (Å²) >= 11 is 1.30. The molecule has 8 nitrogen and oxygen atoms in total. The summed E-state index contributed by atoms with van der Waals surface area (Å²) in [6, 6.07) is 20.9. The number of H-pyrrole nitrogens is 1. The zero-order valence-corrected chi connectivity index (χ0v) is 20.3. The van der Waals surface area contributed by atoms with Crippen molar-refractivity contribution in [3.8, 4) is 0 Å². The average Bonchev–Trinajstić information content (AvgIpc) is 2.87. The number of anilines is 2. The maximum atomic E-state index is 13.3. The highest BCUT2D eigenvalue weighted by molar-refractivity contribution is 7.99. The molecule has 0 atom stereocenters. The van der Waals surface area contributed by atoms with Crippen LogP contribution >= 0.6 is 11.8 Å². The molecule has 2 aromatic heterocycles. The van der Waals surface area contributed by atoms with Crippen LogP contribution in [0.1, 0.15) is 25.3 Å². The number of aromatic nitrogens is 3. The van der Waals surface area contributed by atoms with Crippen LogP contribution in [0.15, 0.2) is 81.3 Å². The summed E-state index contributed by atoms with van der Waals surface area (Å²) in [4.78, 5) is 47.0. The lowest BCUT2D eigenvalue weighted by Crippen LogP contribution is -2.42. The molecule has 0 aliphatic carbocycles. The minimum Gasteiger partial charge on any atom is -0.383 e. The molecule has 2 heterocycles. The Kier molecular flexibility index (Phi) is 7.67. The quantitative estimate of drug-likeness (QED) is 0.347. The minimum absolute atomic E-state index is 0.00560. The monoisotopic (exact) mass is 489 g/mol. The van der Waals surface area contributed by atoms with Crippen molar-refractivity contribution in [2.75, 3.05) is 22.9 Å². The number of nitrogen functional groups attached to an aromatic ring is 1. The van der Waals surface area contributed by atoms with Crippen LogP contribution in [0, 0.1) is 0 Å². The number of aromatic amines is 1. The number of rotatable bonds is 9. The number of nitrogens with zero attached hydrogens (tertiary/aromatic N) is 3. The van der Waals surface area contributed by atoms with E-state index in [2.05, 4.69) is 9.97 Å². The summed E-state index contributed by atoms with van der Waals surface area (Å²) < 4.78 is 1.29. The van der Waals surface area contributed by atoms with Gasteiger partial charge in [0.05, 0.1) is 22.8 Å². The van der Waals surface area contributed by atoms with Gasteiger partial charge < -0.3 is 10.6 Å². The van der Waals surface area contributed by atoms with Gasteiger partial charge in [0.1, 0.15) is 5.82 Å². The van der Waals surface area contributed by atoms with Gasteiger partial charge in [-0.1, -0.05) is 79.7 Å². The Morgan fingerprint density at radius 2 is 1.80 bits per heavy atom. The van der Waals surface area contributed by atoms with E-state index in [0.717, 1.165) is 22.9 Å². The van der Waals surface area contributed by atoms with Gasteiger partial charge in [-0.05, 0) is 24.1 Å². The molecular weight excluding hydrogens is 462 g/mol. The van der Waals surface area contributed by atoms with E-state index in [1.165, 1.54) is 21.2 Å². The van der Waals surface area contributed by atoms with Gasteiger partial charge in [0.25, 0.3) is 5.56 Å². The Morgan fingerprint density at radius 3 is 2.57 bits per heavy atom. The molecule has 0 saturated heterocycles. The highest BCUT2D eigenvalue weighted by Crippen LogP contribution is 2.23. The van der Waals surface area contributed by atoms with Crippen molar-refractivity contribution in [3.05, 3.63) is 93.1 Å². The third-order valence-corrected chi connectivity index (χ3v) is 6.53. The second kappa shape index (κ2) is 11.1. The number of hydrogen-bond donors (Lipinski definition) is 2. The highest BCUT2D eigenvalue weighted by Gasteiger charge is 2.24. The molecule has 180 valence electrons. The Morgan fingerprint density at radius 1 is 1.06 bits per heavy atom. The summed E-state index contributed by atoms with van der Waals surface area (Å²) in [7, 11) is 0. The second-order valence-electron chi connectivity index (χ2n) is 8.09. The number of fused-ring (bicyclic) bond motifs is 1. The number of pyridine rings is 1. The number of nitrogens with two attached hydrogens (primary N) is 1. The molecule has 0 aliphatic heterocycles. The maximum Gasteiger partial charge on any atom is 0.330 e. The number of nitrogens with one attached hydrogen (secondary N) is 1. The summed E-state index contributed by atoms with van der Waals surface area (Å²) in [5.41, 5.74) is 6.76. The number of amides is 1.